The van der Waals surface area contributed by atoms with Crippen LogP contribution in [-0.2, 0) is 9.59 Å². The van der Waals surface area contributed by atoms with Crippen molar-refractivity contribution < 1.29 is 14.3 Å². The maximum atomic E-state index is 12.5. The van der Waals surface area contributed by atoms with Gasteiger partial charge in [-0.25, -0.2) is 5.43 Å². The van der Waals surface area contributed by atoms with Gasteiger partial charge in [0.25, 0.3) is 5.91 Å². The highest BCUT2D eigenvalue weighted by Gasteiger charge is 2.29. The van der Waals surface area contributed by atoms with Crippen LogP contribution >= 0.6 is 0 Å². The zero-order valence-corrected chi connectivity index (χ0v) is 16.8. The molecule has 7 nitrogen and oxygen atoms in total. The topological polar surface area (TPSA) is 91.5 Å². The molecule has 1 saturated heterocycles. The predicted molar refractivity (Wildman–Crippen MR) is 114 cm³/mol. The Kier molecular flexibility index (Phi) is 7.21. The molecule has 2 aromatic carbocycles. The molecule has 0 aromatic heterocycles. The molecule has 1 fully saturated rings. The summed E-state index contributed by atoms with van der Waals surface area (Å²) in [5.41, 5.74) is 7.60. The van der Waals surface area contributed by atoms with Gasteiger partial charge in [-0.1, -0.05) is 38.1 Å². The number of benzene rings is 2. The average Bonchev–Trinajstić information content (AvgIpc) is 3.15. The molecule has 1 aliphatic rings. The van der Waals surface area contributed by atoms with Crippen molar-refractivity contribution in [3.05, 3.63) is 54.6 Å². The Balaban J connectivity index is 1.48. The second kappa shape index (κ2) is 10.0. The number of carbonyl (C=O) groups is 2. The Bertz CT molecular complexity index is 826. The fraction of sp³-hybridized carbons (Fsp3) is 0.364. The van der Waals surface area contributed by atoms with Gasteiger partial charge in [-0.2, -0.15) is 0 Å². The number of para-hydroxylation sites is 1. The SMILES string of the molecule is CC(C)CC1CC(C(=O)Nc2cccc(OCC(=O)Nc3ccccc3)c2)NN1. The number of hydrogen-bond donors (Lipinski definition) is 4. The summed E-state index contributed by atoms with van der Waals surface area (Å²) in [7, 11) is 0. The normalized spacial score (nSPS) is 18.4. The van der Waals surface area contributed by atoms with E-state index in [0.29, 0.717) is 23.4 Å². The van der Waals surface area contributed by atoms with E-state index in [9.17, 15) is 9.59 Å². The average molecular weight is 396 g/mol. The molecule has 0 aliphatic carbocycles. The molecular weight excluding hydrogens is 368 g/mol. The van der Waals surface area contributed by atoms with Gasteiger partial charge < -0.3 is 15.4 Å². The molecule has 29 heavy (non-hydrogen) atoms. The highest BCUT2D eigenvalue weighted by atomic mass is 16.5. The van der Waals surface area contributed by atoms with Crippen LogP contribution in [0.15, 0.2) is 54.6 Å². The minimum absolute atomic E-state index is 0.0947. The van der Waals surface area contributed by atoms with E-state index in [1.54, 1.807) is 24.3 Å². The summed E-state index contributed by atoms with van der Waals surface area (Å²) in [6, 6.07) is 16.3. The lowest BCUT2D eigenvalue weighted by atomic mass is 10.00. The number of ether oxygens (including phenoxy) is 1. The quantitative estimate of drug-likeness (QED) is 0.551. The van der Waals surface area contributed by atoms with Crippen LogP contribution in [-0.4, -0.2) is 30.5 Å². The van der Waals surface area contributed by atoms with Gasteiger partial charge >= 0.3 is 0 Å². The van der Waals surface area contributed by atoms with E-state index in [0.717, 1.165) is 18.5 Å². The monoisotopic (exact) mass is 396 g/mol. The van der Waals surface area contributed by atoms with Gasteiger partial charge in [0.2, 0.25) is 5.91 Å². The highest BCUT2D eigenvalue weighted by Crippen LogP contribution is 2.19. The first kappa shape index (κ1) is 20.8. The van der Waals surface area contributed by atoms with Crippen molar-refractivity contribution in [2.24, 2.45) is 5.92 Å². The molecule has 2 atom stereocenters. The van der Waals surface area contributed by atoms with Gasteiger partial charge in [0.05, 0.1) is 0 Å². The van der Waals surface area contributed by atoms with Crippen molar-refractivity contribution >= 4 is 23.2 Å². The van der Waals surface area contributed by atoms with E-state index in [-0.39, 0.29) is 24.5 Å². The first-order valence-corrected chi connectivity index (χ1v) is 9.89. The molecule has 3 rings (SSSR count). The largest absolute Gasteiger partial charge is 0.484 e. The summed E-state index contributed by atoms with van der Waals surface area (Å²) in [6.07, 6.45) is 1.77. The van der Waals surface area contributed by atoms with Crippen LogP contribution in [0.2, 0.25) is 0 Å². The van der Waals surface area contributed by atoms with Crippen molar-refractivity contribution in [2.45, 2.75) is 38.8 Å². The van der Waals surface area contributed by atoms with Gasteiger partial charge in [0.15, 0.2) is 6.61 Å². The molecule has 0 spiro atoms. The minimum atomic E-state index is -0.278. The van der Waals surface area contributed by atoms with Crippen LogP contribution in [0.4, 0.5) is 11.4 Å². The maximum Gasteiger partial charge on any atom is 0.262 e. The number of hydrazine groups is 1. The number of amides is 2. The molecule has 1 aliphatic heterocycles. The van der Waals surface area contributed by atoms with E-state index in [4.69, 9.17) is 4.74 Å². The first-order chi connectivity index (χ1) is 14.0. The number of hydrogen-bond acceptors (Lipinski definition) is 5. The molecule has 2 unspecified atom stereocenters. The molecule has 154 valence electrons. The second-order valence-corrected chi connectivity index (χ2v) is 7.62. The molecule has 0 saturated carbocycles. The third-order valence-corrected chi connectivity index (χ3v) is 4.58. The first-order valence-electron chi connectivity index (χ1n) is 9.89. The van der Waals surface area contributed by atoms with Crippen molar-refractivity contribution in [1.29, 1.82) is 0 Å². The summed E-state index contributed by atoms with van der Waals surface area (Å²) < 4.78 is 5.56. The van der Waals surface area contributed by atoms with Crippen molar-refractivity contribution in [1.82, 2.24) is 10.9 Å². The summed E-state index contributed by atoms with van der Waals surface area (Å²) in [5.74, 6) is 0.746. The number of rotatable bonds is 8. The molecular formula is C22H28N4O3. The van der Waals surface area contributed by atoms with Gasteiger partial charge in [0, 0.05) is 23.5 Å². The summed E-state index contributed by atoms with van der Waals surface area (Å²) >= 11 is 0. The molecule has 0 radical (unpaired) electrons. The summed E-state index contributed by atoms with van der Waals surface area (Å²) in [5, 5.41) is 5.67. The van der Waals surface area contributed by atoms with Crippen LogP contribution in [0.5, 0.6) is 5.75 Å². The lowest BCUT2D eigenvalue weighted by molar-refractivity contribution is -0.118. The zero-order chi connectivity index (χ0) is 20.6. The molecule has 1 heterocycles. The molecule has 4 N–H and O–H groups in total. The zero-order valence-electron chi connectivity index (χ0n) is 16.8. The van der Waals surface area contributed by atoms with Crippen LogP contribution in [0.1, 0.15) is 26.7 Å². The maximum absolute atomic E-state index is 12.5. The van der Waals surface area contributed by atoms with Gasteiger partial charge in [-0.15, -0.1) is 0 Å². The van der Waals surface area contributed by atoms with Crippen molar-refractivity contribution in [2.75, 3.05) is 17.2 Å². The van der Waals surface area contributed by atoms with E-state index in [1.165, 1.54) is 0 Å². The van der Waals surface area contributed by atoms with Crippen LogP contribution in [0.3, 0.4) is 0 Å². The Labute approximate surface area is 171 Å². The lowest BCUT2D eigenvalue weighted by Crippen LogP contribution is -2.40. The van der Waals surface area contributed by atoms with Gasteiger partial charge in [-0.3, -0.25) is 15.0 Å². The molecule has 2 amide bonds. The number of carbonyl (C=O) groups excluding carboxylic acids is 2. The Morgan fingerprint density at radius 2 is 1.79 bits per heavy atom. The predicted octanol–water partition coefficient (Wildman–Crippen LogP) is 2.92. The van der Waals surface area contributed by atoms with E-state index >= 15 is 0 Å². The lowest BCUT2D eigenvalue weighted by Gasteiger charge is -2.13. The van der Waals surface area contributed by atoms with Crippen LogP contribution in [0.25, 0.3) is 0 Å². The highest BCUT2D eigenvalue weighted by molar-refractivity contribution is 5.95. The molecule has 7 heteroatoms. The van der Waals surface area contributed by atoms with Crippen molar-refractivity contribution in [3.8, 4) is 5.75 Å². The minimum Gasteiger partial charge on any atom is -0.484 e. The van der Waals surface area contributed by atoms with Gasteiger partial charge in [0.1, 0.15) is 11.8 Å². The van der Waals surface area contributed by atoms with Crippen LogP contribution < -0.4 is 26.2 Å². The molecule has 2 aromatic rings. The third kappa shape index (κ3) is 6.58. The Morgan fingerprint density at radius 3 is 2.55 bits per heavy atom. The standard InChI is InChI=1S/C22H28N4O3/c1-15(2)11-18-13-20(26-25-18)22(28)24-17-9-6-10-19(12-17)29-14-21(27)23-16-7-4-3-5-8-16/h3-10,12,15,18,20,25-26H,11,13-14H2,1-2H3,(H,23,27)(H,24,28). The third-order valence-electron chi connectivity index (χ3n) is 4.58. The Morgan fingerprint density at radius 1 is 1.03 bits per heavy atom. The van der Waals surface area contributed by atoms with E-state index < -0.39 is 0 Å². The van der Waals surface area contributed by atoms with E-state index in [2.05, 4.69) is 35.3 Å². The fourth-order valence-electron chi connectivity index (χ4n) is 3.28. The molecule has 0 bridgehead atoms. The number of anilines is 2. The Hall–Kier alpha value is -2.90. The van der Waals surface area contributed by atoms with E-state index in [1.807, 2.05) is 30.3 Å². The van der Waals surface area contributed by atoms with Crippen LogP contribution in [0, 0.1) is 5.92 Å². The smallest absolute Gasteiger partial charge is 0.262 e. The summed E-state index contributed by atoms with van der Waals surface area (Å²) in [6.45, 7) is 4.22. The van der Waals surface area contributed by atoms with Gasteiger partial charge in [-0.05, 0) is 43.0 Å². The summed E-state index contributed by atoms with van der Waals surface area (Å²) in [4.78, 5) is 24.5. The van der Waals surface area contributed by atoms with Crippen molar-refractivity contribution in [3.63, 3.8) is 0 Å². The fourth-order valence-corrected chi connectivity index (χ4v) is 3.28. The number of nitrogens with one attached hydrogen (secondary N) is 4. The second-order valence-electron chi connectivity index (χ2n) is 7.62.